The highest BCUT2D eigenvalue weighted by atomic mass is 16.5. The summed E-state index contributed by atoms with van der Waals surface area (Å²) in [6.45, 7) is 3.73. The number of esters is 1. The predicted octanol–water partition coefficient (Wildman–Crippen LogP) is 7.73. The molecule has 4 aromatic rings. The highest BCUT2D eigenvalue weighted by molar-refractivity contribution is 5.90. The highest BCUT2D eigenvalue weighted by Gasteiger charge is 2.42. The van der Waals surface area contributed by atoms with Crippen LogP contribution in [0.25, 0.3) is 11.1 Å². The van der Waals surface area contributed by atoms with Crippen molar-refractivity contribution in [3.63, 3.8) is 0 Å². The molecule has 0 bridgehead atoms. The molecule has 0 saturated heterocycles. The standard InChI is InChI=1S/C35H36O4/c1-26-32(21-22-37-35(36)31-19-17-30(18-20-31)29-15-9-4-10-16-29)34(39-25-28-13-7-3-8-14-28)23-33(26)38-24-27-11-5-2-6-12-27/h2-20,26,32-34H,21-25H2,1H3/t26-,32-,33-,34-/m1/s1. The minimum Gasteiger partial charge on any atom is -0.462 e. The van der Waals surface area contributed by atoms with Gasteiger partial charge in [0.1, 0.15) is 0 Å². The summed E-state index contributed by atoms with van der Waals surface area (Å²) in [5.74, 6) is 0.236. The van der Waals surface area contributed by atoms with E-state index in [2.05, 4.69) is 43.3 Å². The lowest BCUT2D eigenvalue weighted by Crippen LogP contribution is -2.24. The van der Waals surface area contributed by atoms with Gasteiger partial charge in [-0.05, 0) is 52.6 Å². The van der Waals surface area contributed by atoms with E-state index in [0.717, 1.165) is 29.5 Å². The van der Waals surface area contributed by atoms with Gasteiger partial charge in [-0.2, -0.15) is 0 Å². The Bertz CT molecular complexity index is 1290. The van der Waals surface area contributed by atoms with Gasteiger partial charge in [0.25, 0.3) is 0 Å². The van der Waals surface area contributed by atoms with Gasteiger partial charge in [-0.3, -0.25) is 0 Å². The van der Waals surface area contributed by atoms with Gasteiger partial charge in [-0.1, -0.05) is 110 Å². The summed E-state index contributed by atoms with van der Waals surface area (Å²) < 4.78 is 18.5. The Hall–Kier alpha value is -3.73. The van der Waals surface area contributed by atoms with Gasteiger partial charge in [0.15, 0.2) is 0 Å². The summed E-state index contributed by atoms with van der Waals surface area (Å²) in [5.41, 5.74) is 5.09. The van der Waals surface area contributed by atoms with Gasteiger partial charge in [0.05, 0.1) is 37.6 Å². The lowest BCUT2D eigenvalue weighted by Gasteiger charge is -2.24. The molecular formula is C35H36O4. The zero-order chi connectivity index (χ0) is 26.9. The molecule has 1 aliphatic rings. The molecule has 0 heterocycles. The second-order valence-corrected chi connectivity index (χ2v) is 10.3. The van der Waals surface area contributed by atoms with E-state index >= 15 is 0 Å². The van der Waals surface area contributed by atoms with E-state index in [0.29, 0.717) is 31.3 Å². The molecular weight excluding hydrogens is 484 g/mol. The fourth-order valence-electron chi connectivity index (χ4n) is 5.45. The summed E-state index contributed by atoms with van der Waals surface area (Å²) in [6, 6.07) is 38.3. The molecule has 0 amide bonds. The molecule has 0 aliphatic heterocycles. The average molecular weight is 521 g/mol. The van der Waals surface area contributed by atoms with Crippen molar-refractivity contribution in [2.75, 3.05) is 6.61 Å². The van der Waals surface area contributed by atoms with Crippen molar-refractivity contribution in [2.45, 2.75) is 45.2 Å². The van der Waals surface area contributed by atoms with Crippen molar-refractivity contribution in [3.05, 3.63) is 132 Å². The minimum atomic E-state index is -0.293. The Morgan fingerprint density at radius 3 is 1.77 bits per heavy atom. The zero-order valence-corrected chi connectivity index (χ0v) is 22.4. The molecule has 0 aromatic heterocycles. The third-order valence-corrected chi connectivity index (χ3v) is 7.73. The Balaban J connectivity index is 1.18. The quantitative estimate of drug-likeness (QED) is 0.190. The van der Waals surface area contributed by atoms with Crippen LogP contribution in [0.5, 0.6) is 0 Å². The first-order valence-electron chi connectivity index (χ1n) is 13.8. The lowest BCUT2D eigenvalue weighted by atomic mass is 9.92. The van der Waals surface area contributed by atoms with Gasteiger partial charge in [-0.15, -0.1) is 0 Å². The second-order valence-electron chi connectivity index (χ2n) is 10.3. The van der Waals surface area contributed by atoms with Crippen molar-refractivity contribution >= 4 is 5.97 Å². The molecule has 39 heavy (non-hydrogen) atoms. The number of rotatable bonds is 11. The number of carbonyl (C=O) groups is 1. The van der Waals surface area contributed by atoms with Crippen LogP contribution in [-0.2, 0) is 27.4 Å². The molecule has 1 saturated carbocycles. The van der Waals surface area contributed by atoms with Gasteiger partial charge < -0.3 is 14.2 Å². The van der Waals surface area contributed by atoms with Crippen LogP contribution in [0.1, 0.15) is 41.3 Å². The van der Waals surface area contributed by atoms with Gasteiger partial charge in [0, 0.05) is 6.42 Å². The van der Waals surface area contributed by atoms with Crippen LogP contribution in [0.15, 0.2) is 115 Å². The van der Waals surface area contributed by atoms with Gasteiger partial charge in [-0.25, -0.2) is 4.79 Å². The molecule has 0 spiro atoms. The molecule has 4 aromatic carbocycles. The Morgan fingerprint density at radius 2 is 1.18 bits per heavy atom. The lowest BCUT2D eigenvalue weighted by molar-refractivity contribution is -0.00453. The first-order chi connectivity index (χ1) is 19.2. The molecule has 4 atom stereocenters. The predicted molar refractivity (Wildman–Crippen MR) is 154 cm³/mol. The number of carbonyl (C=O) groups excluding carboxylic acids is 1. The van der Waals surface area contributed by atoms with E-state index in [4.69, 9.17) is 14.2 Å². The average Bonchev–Trinajstić information content (AvgIpc) is 3.30. The summed E-state index contributed by atoms with van der Waals surface area (Å²) in [5, 5.41) is 0. The van der Waals surface area contributed by atoms with Crippen molar-refractivity contribution in [1.29, 1.82) is 0 Å². The van der Waals surface area contributed by atoms with Crippen molar-refractivity contribution in [3.8, 4) is 11.1 Å². The molecule has 5 rings (SSSR count). The number of benzene rings is 4. The summed E-state index contributed by atoms with van der Waals surface area (Å²) in [6.07, 6.45) is 1.71. The third kappa shape index (κ3) is 7.23. The number of hydrogen-bond acceptors (Lipinski definition) is 4. The fourth-order valence-corrected chi connectivity index (χ4v) is 5.45. The van der Waals surface area contributed by atoms with Crippen LogP contribution in [-0.4, -0.2) is 24.8 Å². The number of ether oxygens (including phenoxy) is 3. The van der Waals surface area contributed by atoms with Crippen molar-refractivity contribution in [1.82, 2.24) is 0 Å². The van der Waals surface area contributed by atoms with Crippen LogP contribution in [0, 0.1) is 11.8 Å². The normalized spacial score (nSPS) is 20.5. The van der Waals surface area contributed by atoms with E-state index in [1.807, 2.05) is 78.9 Å². The Labute approximate surface area is 231 Å². The molecule has 0 unspecified atom stereocenters. The van der Waals surface area contributed by atoms with E-state index in [1.165, 1.54) is 5.56 Å². The maximum absolute atomic E-state index is 12.8. The zero-order valence-electron chi connectivity index (χ0n) is 22.4. The summed E-state index contributed by atoms with van der Waals surface area (Å²) in [4.78, 5) is 12.8. The van der Waals surface area contributed by atoms with E-state index in [1.54, 1.807) is 0 Å². The van der Waals surface area contributed by atoms with Crippen LogP contribution in [0.4, 0.5) is 0 Å². The summed E-state index contributed by atoms with van der Waals surface area (Å²) in [7, 11) is 0. The van der Waals surface area contributed by atoms with E-state index < -0.39 is 0 Å². The third-order valence-electron chi connectivity index (χ3n) is 7.73. The SMILES string of the molecule is C[C@@H]1[C@@H](CCOC(=O)c2ccc(-c3ccccc3)cc2)[C@H](OCc2ccccc2)C[C@H]1OCc1ccccc1. The highest BCUT2D eigenvalue weighted by Crippen LogP contribution is 2.39. The number of hydrogen-bond donors (Lipinski definition) is 0. The first kappa shape index (κ1) is 26.9. The van der Waals surface area contributed by atoms with E-state index in [-0.39, 0.29) is 24.1 Å². The van der Waals surface area contributed by atoms with Crippen LogP contribution in [0.2, 0.25) is 0 Å². The molecule has 0 radical (unpaired) electrons. The monoisotopic (exact) mass is 520 g/mol. The maximum atomic E-state index is 12.8. The van der Waals surface area contributed by atoms with Crippen molar-refractivity contribution in [2.24, 2.45) is 11.8 Å². The fraction of sp³-hybridized carbons (Fsp3) is 0.286. The van der Waals surface area contributed by atoms with Crippen LogP contribution >= 0.6 is 0 Å². The molecule has 1 fully saturated rings. The van der Waals surface area contributed by atoms with Gasteiger partial charge >= 0.3 is 5.97 Å². The Morgan fingerprint density at radius 1 is 0.667 bits per heavy atom. The first-order valence-corrected chi connectivity index (χ1v) is 13.8. The second kappa shape index (κ2) is 13.4. The smallest absolute Gasteiger partial charge is 0.338 e. The van der Waals surface area contributed by atoms with E-state index in [9.17, 15) is 4.79 Å². The Kier molecular flexibility index (Phi) is 9.21. The maximum Gasteiger partial charge on any atom is 0.338 e. The molecule has 0 N–H and O–H groups in total. The van der Waals surface area contributed by atoms with Gasteiger partial charge in [0.2, 0.25) is 0 Å². The van der Waals surface area contributed by atoms with Crippen LogP contribution < -0.4 is 0 Å². The molecule has 1 aliphatic carbocycles. The largest absolute Gasteiger partial charge is 0.462 e. The molecule has 200 valence electrons. The summed E-state index contributed by atoms with van der Waals surface area (Å²) >= 11 is 0. The topological polar surface area (TPSA) is 44.8 Å². The van der Waals surface area contributed by atoms with Crippen LogP contribution in [0.3, 0.4) is 0 Å². The van der Waals surface area contributed by atoms with Crippen molar-refractivity contribution < 1.29 is 19.0 Å². The molecule has 4 heteroatoms. The minimum absolute atomic E-state index is 0.0461. The molecule has 4 nitrogen and oxygen atoms in total.